The predicted molar refractivity (Wildman–Crippen MR) is 72.1 cm³/mol. The molecule has 0 aliphatic carbocycles. The van der Waals surface area contributed by atoms with Crippen molar-refractivity contribution >= 4 is 0 Å². The summed E-state index contributed by atoms with van der Waals surface area (Å²) in [5, 5.41) is 9.90. The number of hydrogen-bond donors (Lipinski definition) is 2. The summed E-state index contributed by atoms with van der Waals surface area (Å²) in [5.74, 6) is 0.345. The third-order valence-corrected chi connectivity index (χ3v) is 3.16. The van der Waals surface area contributed by atoms with E-state index < -0.39 is 0 Å². The molecule has 0 radical (unpaired) electrons. The molecule has 0 aliphatic rings. The number of benzene rings is 1. The molecule has 0 saturated carbocycles. The Kier molecular flexibility index (Phi) is 6.01. The van der Waals surface area contributed by atoms with Crippen LogP contribution in [0.2, 0.25) is 0 Å². The Labute approximate surface area is 104 Å². The predicted octanol–water partition coefficient (Wildman–Crippen LogP) is 2.51. The van der Waals surface area contributed by atoms with E-state index in [1.807, 2.05) is 18.2 Å². The quantitative estimate of drug-likeness (QED) is 0.765. The van der Waals surface area contributed by atoms with Gasteiger partial charge in [0.25, 0.3) is 0 Å². The second kappa shape index (κ2) is 7.30. The molecule has 0 fully saturated rings. The number of phenols is 1. The average Bonchev–Trinajstić information content (AvgIpc) is 2.36. The molecular formula is C14H24N2O. The Morgan fingerprint density at radius 3 is 2.53 bits per heavy atom. The van der Waals surface area contributed by atoms with E-state index >= 15 is 0 Å². The molecule has 0 saturated heterocycles. The number of phenolic OH excluding ortho intramolecular Hbond substituents is 1. The average molecular weight is 236 g/mol. The minimum absolute atomic E-state index is 0.118. The molecule has 1 aromatic rings. The van der Waals surface area contributed by atoms with Crippen molar-refractivity contribution in [1.29, 1.82) is 0 Å². The Morgan fingerprint density at radius 2 is 2.00 bits per heavy atom. The molecule has 0 heterocycles. The van der Waals surface area contributed by atoms with Gasteiger partial charge in [-0.05, 0) is 25.6 Å². The molecule has 0 aromatic heterocycles. The molecule has 3 nitrogen and oxygen atoms in total. The summed E-state index contributed by atoms with van der Waals surface area (Å²) in [7, 11) is 0. The van der Waals surface area contributed by atoms with Crippen molar-refractivity contribution in [2.75, 3.05) is 19.6 Å². The van der Waals surface area contributed by atoms with Gasteiger partial charge in [-0.2, -0.15) is 0 Å². The second-order valence-electron chi connectivity index (χ2n) is 4.29. The van der Waals surface area contributed by atoms with E-state index in [0.717, 1.165) is 25.1 Å². The third kappa shape index (κ3) is 3.72. The molecule has 1 atom stereocenters. The Hall–Kier alpha value is -1.06. The van der Waals surface area contributed by atoms with Crippen molar-refractivity contribution in [3.05, 3.63) is 29.8 Å². The lowest BCUT2D eigenvalue weighted by Crippen LogP contribution is -2.34. The van der Waals surface area contributed by atoms with Gasteiger partial charge in [0, 0.05) is 12.1 Å². The molecule has 0 bridgehead atoms. The summed E-state index contributed by atoms with van der Waals surface area (Å²) in [5.41, 5.74) is 6.81. The lowest BCUT2D eigenvalue weighted by Gasteiger charge is -2.30. The zero-order chi connectivity index (χ0) is 12.7. The van der Waals surface area contributed by atoms with E-state index in [1.165, 1.54) is 6.42 Å². The summed E-state index contributed by atoms with van der Waals surface area (Å²) in [6.07, 6.45) is 2.34. The van der Waals surface area contributed by atoms with Gasteiger partial charge in [-0.1, -0.05) is 38.5 Å². The molecule has 0 amide bonds. The van der Waals surface area contributed by atoms with Crippen molar-refractivity contribution in [2.24, 2.45) is 5.73 Å². The third-order valence-electron chi connectivity index (χ3n) is 3.16. The highest BCUT2D eigenvalue weighted by Crippen LogP contribution is 2.27. The largest absolute Gasteiger partial charge is 0.508 e. The summed E-state index contributed by atoms with van der Waals surface area (Å²) >= 11 is 0. The number of unbranched alkanes of at least 4 members (excludes halogenated alkanes) is 1. The molecule has 3 heteroatoms. The maximum atomic E-state index is 9.90. The first-order valence-electron chi connectivity index (χ1n) is 6.46. The fourth-order valence-electron chi connectivity index (χ4n) is 2.14. The molecule has 1 rings (SSSR count). The zero-order valence-corrected chi connectivity index (χ0v) is 10.9. The summed E-state index contributed by atoms with van der Waals surface area (Å²) in [4.78, 5) is 2.33. The summed E-state index contributed by atoms with van der Waals surface area (Å²) < 4.78 is 0. The molecule has 0 aliphatic heterocycles. The summed E-state index contributed by atoms with van der Waals surface area (Å²) in [6, 6.07) is 7.60. The van der Waals surface area contributed by atoms with Gasteiger partial charge in [0.05, 0.1) is 6.04 Å². The van der Waals surface area contributed by atoms with Gasteiger partial charge >= 0.3 is 0 Å². The van der Waals surface area contributed by atoms with Crippen LogP contribution in [0.3, 0.4) is 0 Å². The van der Waals surface area contributed by atoms with Crippen LogP contribution in [0.1, 0.15) is 38.3 Å². The Bertz CT molecular complexity index is 328. The van der Waals surface area contributed by atoms with Crippen molar-refractivity contribution in [2.45, 2.75) is 32.7 Å². The Balaban J connectivity index is 2.85. The van der Waals surface area contributed by atoms with E-state index in [0.29, 0.717) is 12.3 Å². The topological polar surface area (TPSA) is 49.5 Å². The lowest BCUT2D eigenvalue weighted by molar-refractivity contribution is 0.206. The fourth-order valence-corrected chi connectivity index (χ4v) is 2.14. The van der Waals surface area contributed by atoms with E-state index in [2.05, 4.69) is 18.7 Å². The molecule has 1 unspecified atom stereocenters. The lowest BCUT2D eigenvalue weighted by atomic mass is 10.0. The zero-order valence-electron chi connectivity index (χ0n) is 10.9. The molecule has 17 heavy (non-hydrogen) atoms. The highest BCUT2D eigenvalue weighted by molar-refractivity contribution is 5.34. The van der Waals surface area contributed by atoms with Crippen LogP contribution >= 0.6 is 0 Å². The molecule has 1 aromatic carbocycles. The van der Waals surface area contributed by atoms with Crippen LogP contribution in [0.4, 0.5) is 0 Å². The van der Waals surface area contributed by atoms with Crippen LogP contribution in [-0.2, 0) is 0 Å². The van der Waals surface area contributed by atoms with E-state index in [9.17, 15) is 5.11 Å². The van der Waals surface area contributed by atoms with E-state index in [1.54, 1.807) is 6.07 Å². The first-order chi connectivity index (χ1) is 8.24. The second-order valence-corrected chi connectivity index (χ2v) is 4.29. The molecule has 0 spiro atoms. The highest BCUT2D eigenvalue weighted by atomic mass is 16.3. The van der Waals surface area contributed by atoms with Gasteiger partial charge in [0.2, 0.25) is 0 Å². The highest BCUT2D eigenvalue weighted by Gasteiger charge is 2.19. The first-order valence-corrected chi connectivity index (χ1v) is 6.46. The number of rotatable bonds is 7. The standard InChI is InChI=1S/C14H24N2O/c1-3-5-10-16(4-2)13(11-15)12-8-6-7-9-14(12)17/h6-9,13,17H,3-5,10-11,15H2,1-2H3. The van der Waals surface area contributed by atoms with Crippen LogP contribution in [0.5, 0.6) is 5.75 Å². The van der Waals surface area contributed by atoms with Gasteiger partial charge in [-0.3, -0.25) is 4.90 Å². The minimum Gasteiger partial charge on any atom is -0.508 e. The van der Waals surface area contributed by atoms with Crippen molar-refractivity contribution in [1.82, 2.24) is 4.90 Å². The minimum atomic E-state index is 0.118. The van der Waals surface area contributed by atoms with Crippen LogP contribution in [0.15, 0.2) is 24.3 Å². The van der Waals surface area contributed by atoms with Crippen molar-refractivity contribution in [3.63, 3.8) is 0 Å². The smallest absolute Gasteiger partial charge is 0.120 e. The van der Waals surface area contributed by atoms with Gasteiger partial charge in [-0.25, -0.2) is 0 Å². The number of likely N-dealkylation sites (N-methyl/N-ethyl adjacent to an activating group) is 1. The van der Waals surface area contributed by atoms with Gasteiger partial charge < -0.3 is 10.8 Å². The Morgan fingerprint density at radius 1 is 1.29 bits per heavy atom. The van der Waals surface area contributed by atoms with Crippen LogP contribution in [-0.4, -0.2) is 29.6 Å². The van der Waals surface area contributed by atoms with Crippen LogP contribution < -0.4 is 5.73 Å². The normalized spacial score (nSPS) is 12.9. The van der Waals surface area contributed by atoms with Gasteiger partial charge in [0.1, 0.15) is 5.75 Å². The van der Waals surface area contributed by atoms with Gasteiger partial charge in [-0.15, -0.1) is 0 Å². The van der Waals surface area contributed by atoms with E-state index in [-0.39, 0.29) is 6.04 Å². The molecular weight excluding hydrogens is 212 g/mol. The maximum absolute atomic E-state index is 9.90. The number of nitrogens with zero attached hydrogens (tertiary/aromatic N) is 1. The first kappa shape index (κ1) is 14.0. The fraction of sp³-hybridized carbons (Fsp3) is 0.571. The van der Waals surface area contributed by atoms with Crippen molar-refractivity contribution < 1.29 is 5.11 Å². The molecule has 96 valence electrons. The van der Waals surface area contributed by atoms with Gasteiger partial charge in [0.15, 0.2) is 0 Å². The molecule has 3 N–H and O–H groups in total. The maximum Gasteiger partial charge on any atom is 0.120 e. The number of para-hydroxylation sites is 1. The number of nitrogens with two attached hydrogens (primary N) is 1. The monoisotopic (exact) mass is 236 g/mol. The SMILES string of the molecule is CCCCN(CC)C(CN)c1ccccc1O. The van der Waals surface area contributed by atoms with E-state index in [4.69, 9.17) is 5.73 Å². The van der Waals surface area contributed by atoms with Crippen molar-refractivity contribution in [3.8, 4) is 5.75 Å². The summed E-state index contributed by atoms with van der Waals surface area (Å²) in [6.45, 7) is 6.85. The number of aromatic hydroxyl groups is 1. The van der Waals surface area contributed by atoms with Crippen LogP contribution in [0, 0.1) is 0 Å². The number of hydrogen-bond acceptors (Lipinski definition) is 3. The van der Waals surface area contributed by atoms with Crippen LogP contribution in [0.25, 0.3) is 0 Å².